The van der Waals surface area contributed by atoms with Crippen molar-refractivity contribution in [2.45, 2.75) is 45.8 Å². The Morgan fingerprint density at radius 2 is 1.78 bits per heavy atom. The Bertz CT molecular complexity index is 1330. The third kappa shape index (κ3) is 5.81. The van der Waals surface area contributed by atoms with E-state index < -0.39 is 0 Å². The van der Waals surface area contributed by atoms with Gasteiger partial charge in [-0.15, -0.1) is 0 Å². The lowest BCUT2D eigenvalue weighted by atomic mass is 10.0. The Labute approximate surface area is 217 Å². The van der Waals surface area contributed by atoms with Crippen LogP contribution in [-0.4, -0.2) is 60.8 Å². The van der Waals surface area contributed by atoms with E-state index in [1.54, 1.807) is 0 Å². The lowest BCUT2D eigenvalue weighted by molar-refractivity contribution is 0.0957. The molecule has 2 N–H and O–H groups in total. The van der Waals surface area contributed by atoms with Gasteiger partial charge in [0.2, 0.25) is 0 Å². The van der Waals surface area contributed by atoms with E-state index in [0.717, 1.165) is 67.0 Å². The second kappa shape index (κ2) is 11.4. The number of nitrogens with one attached hydrogen (secondary N) is 2. The maximum Gasteiger partial charge on any atom is 0.252 e. The van der Waals surface area contributed by atoms with Crippen LogP contribution in [0.1, 0.15) is 41.3 Å². The van der Waals surface area contributed by atoms with Gasteiger partial charge in [-0.25, -0.2) is 0 Å². The van der Waals surface area contributed by atoms with Gasteiger partial charge in [-0.1, -0.05) is 18.2 Å². The summed E-state index contributed by atoms with van der Waals surface area (Å²) in [5, 5.41) is 7.33. The molecule has 2 aromatic carbocycles. The molecule has 0 radical (unpaired) electrons. The van der Waals surface area contributed by atoms with E-state index >= 15 is 0 Å². The third-order valence-electron chi connectivity index (χ3n) is 7.28. The fraction of sp³-hybridized carbons (Fsp3) is 0.448. The summed E-state index contributed by atoms with van der Waals surface area (Å²) in [5.41, 5.74) is 3.41. The number of hydrogen-bond donors (Lipinski definition) is 2. The van der Waals surface area contributed by atoms with Crippen molar-refractivity contribution in [3.8, 4) is 11.5 Å². The van der Waals surface area contributed by atoms with E-state index in [2.05, 4.69) is 27.7 Å². The molecule has 0 saturated carbocycles. The molecule has 1 fully saturated rings. The van der Waals surface area contributed by atoms with Crippen LogP contribution >= 0.6 is 0 Å². The van der Waals surface area contributed by atoms with Crippen LogP contribution in [0, 0.1) is 6.92 Å². The number of piperidine rings is 1. The molecule has 0 aliphatic carbocycles. The summed E-state index contributed by atoms with van der Waals surface area (Å²) in [5.74, 6) is 1.45. The highest BCUT2D eigenvalue weighted by Crippen LogP contribution is 2.30. The van der Waals surface area contributed by atoms with Crippen molar-refractivity contribution in [1.82, 2.24) is 20.1 Å². The van der Waals surface area contributed by atoms with Crippen LogP contribution in [0.3, 0.4) is 0 Å². The predicted molar refractivity (Wildman–Crippen MR) is 145 cm³/mol. The molecule has 3 heterocycles. The number of benzene rings is 2. The topological polar surface area (TPSA) is 84.8 Å². The van der Waals surface area contributed by atoms with Crippen molar-refractivity contribution in [2.24, 2.45) is 0 Å². The monoisotopic (exact) mass is 504 g/mol. The molecular weight excluding hydrogens is 468 g/mol. The Balaban J connectivity index is 1.18. The van der Waals surface area contributed by atoms with Crippen molar-refractivity contribution in [1.29, 1.82) is 0 Å². The highest BCUT2D eigenvalue weighted by molar-refractivity contribution is 6.06. The zero-order valence-electron chi connectivity index (χ0n) is 21.7. The first-order chi connectivity index (χ1) is 18.0. The van der Waals surface area contributed by atoms with Crippen LogP contribution in [0.2, 0.25) is 0 Å². The molecule has 0 spiro atoms. The van der Waals surface area contributed by atoms with Gasteiger partial charge in [0.05, 0.1) is 11.1 Å². The average molecular weight is 505 g/mol. The zero-order chi connectivity index (χ0) is 25.8. The number of amides is 1. The van der Waals surface area contributed by atoms with E-state index in [0.29, 0.717) is 37.9 Å². The molecule has 2 aliphatic rings. The smallest absolute Gasteiger partial charge is 0.252 e. The van der Waals surface area contributed by atoms with Gasteiger partial charge < -0.3 is 29.6 Å². The molecule has 3 aromatic rings. The van der Waals surface area contributed by atoms with E-state index in [4.69, 9.17) is 9.47 Å². The van der Waals surface area contributed by atoms with Crippen molar-refractivity contribution in [3.05, 3.63) is 69.5 Å². The number of hydrogen-bond acceptors (Lipinski definition) is 6. The van der Waals surface area contributed by atoms with E-state index in [1.807, 2.05) is 42.7 Å². The third-order valence-corrected chi connectivity index (χ3v) is 7.28. The average Bonchev–Trinajstić information content (AvgIpc) is 2.91. The van der Waals surface area contributed by atoms with Gasteiger partial charge in [0.25, 0.3) is 11.5 Å². The van der Waals surface area contributed by atoms with Crippen LogP contribution in [0.25, 0.3) is 10.9 Å². The highest BCUT2D eigenvalue weighted by Gasteiger charge is 2.20. The first kappa shape index (κ1) is 25.3. The Hall–Kier alpha value is -3.36. The summed E-state index contributed by atoms with van der Waals surface area (Å²) >= 11 is 0. The molecule has 1 amide bonds. The van der Waals surface area contributed by atoms with E-state index in [-0.39, 0.29) is 11.5 Å². The molecule has 2 aliphatic heterocycles. The number of carbonyl (C=O) groups is 1. The summed E-state index contributed by atoms with van der Waals surface area (Å²) in [4.78, 5) is 28.0. The summed E-state index contributed by atoms with van der Waals surface area (Å²) in [6, 6.07) is 14.0. The van der Waals surface area contributed by atoms with Crippen LogP contribution in [-0.2, 0) is 13.1 Å². The Kier molecular flexibility index (Phi) is 7.76. The molecule has 0 unspecified atom stereocenters. The minimum atomic E-state index is -0.202. The van der Waals surface area contributed by atoms with Gasteiger partial charge in [0, 0.05) is 43.7 Å². The number of nitrogens with zero attached hydrogens (tertiary/aromatic N) is 2. The Morgan fingerprint density at radius 1 is 1.00 bits per heavy atom. The Morgan fingerprint density at radius 3 is 2.57 bits per heavy atom. The highest BCUT2D eigenvalue weighted by atomic mass is 16.6. The maximum atomic E-state index is 13.0. The lowest BCUT2D eigenvalue weighted by Gasteiger charge is -2.32. The second-order valence-electron chi connectivity index (χ2n) is 9.90. The quantitative estimate of drug-likeness (QED) is 0.491. The number of ether oxygens (including phenoxy) is 2. The minimum absolute atomic E-state index is 0.129. The summed E-state index contributed by atoms with van der Waals surface area (Å²) in [6.07, 6.45) is 2.13. The summed E-state index contributed by atoms with van der Waals surface area (Å²) in [7, 11) is 0. The largest absolute Gasteiger partial charge is 0.486 e. The van der Waals surface area contributed by atoms with Crippen molar-refractivity contribution in [3.63, 3.8) is 0 Å². The number of rotatable bonds is 8. The SMILES string of the molecule is CCNC(=O)c1cc(=O)n(CCN2CCC(NCc3ccc4c(c3)OCCO4)CC2)c2cc(C)ccc12. The number of aryl methyl sites for hydroxylation is 1. The van der Waals surface area contributed by atoms with Crippen molar-refractivity contribution < 1.29 is 14.3 Å². The number of aromatic nitrogens is 1. The van der Waals surface area contributed by atoms with E-state index in [1.165, 1.54) is 11.6 Å². The molecule has 8 nitrogen and oxygen atoms in total. The van der Waals surface area contributed by atoms with Gasteiger partial charge in [0.1, 0.15) is 13.2 Å². The maximum absolute atomic E-state index is 13.0. The van der Waals surface area contributed by atoms with Crippen molar-refractivity contribution >= 4 is 16.8 Å². The zero-order valence-corrected chi connectivity index (χ0v) is 21.7. The van der Waals surface area contributed by atoms with Crippen LogP contribution in [0.15, 0.2) is 47.3 Å². The molecule has 8 heteroatoms. The molecule has 1 saturated heterocycles. The van der Waals surface area contributed by atoms with Gasteiger partial charge in [-0.2, -0.15) is 0 Å². The minimum Gasteiger partial charge on any atom is -0.486 e. The normalized spacial score (nSPS) is 16.2. The molecular formula is C29H36N4O4. The molecule has 0 atom stereocenters. The molecule has 5 rings (SSSR count). The number of carbonyl (C=O) groups excluding carboxylic acids is 1. The predicted octanol–water partition coefficient (Wildman–Crippen LogP) is 3.09. The summed E-state index contributed by atoms with van der Waals surface area (Å²) < 4.78 is 13.1. The number of likely N-dealkylation sites (tertiary alicyclic amines) is 1. The van der Waals surface area contributed by atoms with Gasteiger partial charge in [0.15, 0.2) is 11.5 Å². The van der Waals surface area contributed by atoms with Gasteiger partial charge in [-0.3, -0.25) is 9.59 Å². The van der Waals surface area contributed by atoms with Crippen LogP contribution in [0.5, 0.6) is 11.5 Å². The van der Waals surface area contributed by atoms with Crippen LogP contribution in [0.4, 0.5) is 0 Å². The van der Waals surface area contributed by atoms with Crippen molar-refractivity contribution in [2.75, 3.05) is 39.4 Å². The lowest BCUT2D eigenvalue weighted by Crippen LogP contribution is -2.43. The van der Waals surface area contributed by atoms with Gasteiger partial charge in [-0.05, 0) is 69.1 Å². The number of fused-ring (bicyclic) bond motifs is 2. The molecule has 1 aromatic heterocycles. The first-order valence-electron chi connectivity index (χ1n) is 13.3. The fourth-order valence-corrected chi connectivity index (χ4v) is 5.23. The second-order valence-corrected chi connectivity index (χ2v) is 9.90. The molecule has 196 valence electrons. The number of pyridine rings is 1. The fourth-order valence-electron chi connectivity index (χ4n) is 5.23. The standard InChI is InChI=1S/C29H36N4O4/c1-3-30-29(35)24-18-28(34)33(25-16-20(2)4-6-23(24)25)13-12-32-10-8-22(9-11-32)31-19-21-5-7-26-27(17-21)37-15-14-36-26/h4-7,16-18,22,31H,3,8-15,19H2,1-2H3,(H,30,35). The first-order valence-corrected chi connectivity index (χ1v) is 13.3. The van der Waals surface area contributed by atoms with Crippen LogP contribution < -0.4 is 25.7 Å². The molecule has 37 heavy (non-hydrogen) atoms. The summed E-state index contributed by atoms with van der Waals surface area (Å²) in [6.45, 7) is 9.80. The molecule has 0 bridgehead atoms. The van der Waals surface area contributed by atoms with Gasteiger partial charge >= 0.3 is 0 Å². The van der Waals surface area contributed by atoms with E-state index in [9.17, 15) is 9.59 Å².